The number of hydrogen-bond acceptors (Lipinski definition) is 2. The molecule has 0 aromatic carbocycles. The minimum atomic E-state index is -2.99. The molecule has 0 aliphatic carbocycles. The van der Waals surface area contributed by atoms with Gasteiger partial charge in [-0.3, -0.25) is 4.79 Å². The molecule has 0 aliphatic heterocycles. The monoisotopic (exact) mass is 223 g/mol. The summed E-state index contributed by atoms with van der Waals surface area (Å²) >= 11 is 5.33. The number of alkyl halides is 3. The third kappa shape index (κ3) is 2.04. The third-order valence-corrected chi connectivity index (χ3v) is 1.89. The van der Waals surface area contributed by atoms with Crippen molar-refractivity contribution in [1.29, 1.82) is 0 Å². The predicted octanol–water partition coefficient (Wildman–Crippen LogP) is 2.71. The summed E-state index contributed by atoms with van der Waals surface area (Å²) in [6.07, 6.45) is -2.72. The van der Waals surface area contributed by atoms with Gasteiger partial charge in [0.25, 0.3) is 6.43 Å². The Morgan fingerprint density at radius 1 is 1.57 bits per heavy atom. The van der Waals surface area contributed by atoms with Crippen molar-refractivity contribution in [2.45, 2.75) is 12.3 Å². The van der Waals surface area contributed by atoms with E-state index in [1.54, 1.807) is 0 Å². The fourth-order valence-corrected chi connectivity index (χ4v) is 1.22. The van der Waals surface area contributed by atoms with Crippen molar-refractivity contribution >= 4 is 17.9 Å². The molecule has 0 spiro atoms. The average Bonchev–Trinajstić information content (AvgIpc) is 2.15. The van der Waals surface area contributed by atoms with Crippen LogP contribution >= 0.6 is 11.6 Å². The summed E-state index contributed by atoms with van der Waals surface area (Å²) in [4.78, 5) is 13.3. The number of pyridine rings is 1. The van der Waals surface area contributed by atoms with Crippen LogP contribution in [0.2, 0.25) is 0 Å². The Balaban J connectivity index is 3.34. The number of nitrogens with zero attached hydrogens (tertiary/aromatic N) is 1. The molecular formula is C8H5ClF3NO. The summed E-state index contributed by atoms with van der Waals surface area (Å²) in [5.74, 6) is -1.64. The molecule has 0 unspecified atom stereocenters. The first-order valence-corrected chi connectivity index (χ1v) is 4.12. The Bertz CT molecular complexity index is 357. The SMILES string of the molecule is O=Cc1cc(CCl)c(C(F)F)c(F)n1. The number of aromatic nitrogens is 1. The second-order valence-electron chi connectivity index (χ2n) is 2.46. The Morgan fingerprint density at radius 3 is 2.64 bits per heavy atom. The normalized spacial score (nSPS) is 10.6. The van der Waals surface area contributed by atoms with Gasteiger partial charge in [-0.2, -0.15) is 4.39 Å². The molecule has 0 radical (unpaired) electrons. The number of hydrogen-bond donors (Lipinski definition) is 0. The van der Waals surface area contributed by atoms with Gasteiger partial charge in [0.15, 0.2) is 6.29 Å². The molecular weight excluding hydrogens is 219 g/mol. The first kappa shape index (κ1) is 11.0. The maximum absolute atomic E-state index is 12.9. The molecule has 1 rings (SSSR count). The van der Waals surface area contributed by atoms with Crippen molar-refractivity contribution in [2.24, 2.45) is 0 Å². The van der Waals surface area contributed by atoms with Gasteiger partial charge in [-0.05, 0) is 11.6 Å². The van der Waals surface area contributed by atoms with Crippen LogP contribution in [-0.4, -0.2) is 11.3 Å². The summed E-state index contributed by atoms with van der Waals surface area (Å²) in [6.45, 7) is 0. The van der Waals surface area contributed by atoms with Crippen molar-refractivity contribution in [3.8, 4) is 0 Å². The highest BCUT2D eigenvalue weighted by atomic mass is 35.5. The lowest BCUT2D eigenvalue weighted by Crippen LogP contribution is -2.03. The van der Waals surface area contributed by atoms with Crippen LogP contribution in [0.5, 0.6) is 0 Å². The molecule has 0 aliphatic rings. The summed E-state index contributed by atoms with van der Waals surface area (Å²) in [6, 6.07) is 1.05. The van der Waals surface area contributed by atoms with E-state index in [1.165, 1.54) is 0 Å². The van der Waals surface area contributed by atoms with Crippen LogP contribution in [0.1, 0.15) is 28.0 Å². The molecule has 14 heavy (non-hydrogen) atoms. The van der Waals surface area contributed by atoms with E-state index < -0.39 is 17.9 Å². The molecule has 0 fully saturated rings. The van der Waals surface area contributed by atoms with Gasteiger partial charge in [0, 0.05) is 5.88 Å². The number of carbonyl (C=O) groups is 1. The lowest BCUT2D eigenvalue weighted by molar-refractivity contribution is 0.111. The maximum Gasteiger partial charge on any atom is 0.268 e. The number of aldehydes is 1. The van der Waals surface area contributed by atoms with E-state index in [0.717, 1.165) is 6.07 Å². The molecule has 2 nitrogen and oxygen atoms in total. The minimum absolute atomic E-state index is 0.115. The minimum Gasteiger partial charge on any atom is -0.296 e. The lowest BCUT2D eigenvalue weighted by Gasteiger charge is -2.06. The highest BCUT2D eigenvalue weighted by Crippen LogP contribution is 2.26. The molecule has 0 amide bonds. The van der Waals surface area contributed by atoms with Crippen LogP contribution in [0.25, 0.3) is 0 Å². The van der Waals surface area contributed by atoms with Crippen LogP contribution in [0, 0.1) is 5.95 Å². The summed E-state index contributed by atoms with van der Waals surface area (Å²) in [5, 5.41) is 0. The van der Waals surface area contributed by atoms with E-state index in [4.69, 9.17) is 11.6 Å². The number of rotatable bonds is 3. The predicted molar refractivity (Wildman–Crippen MR) is 44.1 cm³/mol. The fraction of sp³-hybridized carbons (Fsp3) is 0.250. The molecule has 1 aromatic rings. The number of halogens is 4. The smallest absolute Gasteiger partial charge is 0.268 e. The quantitative estimate of drug-likeness (QED) is 0.448. The van der Waals surface area contributed by atoms with Crippen LogP contribution in [0.3, 0.4) is 0 Å². The van der Waals surface area contributed by atoms with Crippen molar-refractivity contribution in [2.75, 3.05) is 0 Å². The zero-order valence-corrected chi connectivity index (χ0v) is 7.56. The van der Waals surface area contributed by atoms with Gasteiger partial charge in [-0.15, -0.1) is 11.6 Å². The molecule has 0 saturated heterocycles. The number of carbonyl (C=O) groups excluding carboxylic acids is 1. The average molecular weight is 224 g/mol. The van der Waals surface area contributed by atoms with E-state index in [1.807, 2.05) is 0 Å². The molecule has 1 heterocycles. The lowest BCUT2D eigenvalue weighted by atomic mass is 10.1. The van der Waals surface area contributed by atoms with E-state index in [2.05, 4.69) is 4.98 Å². The second kappa shape index (κ2) is 4.41. The van der Waals surface area contributed by atoms with Crippen molar-refractivity contribution in [3.63, 3.8) is 0 Å². The van der Waals surface area contributed by atoms with Gasteiger partial charge in [-0.1, -0.05) is 0 Å². The summed E-state index contributed by atoms with van der Waals surface area (Å²) in [7, 11) is 0. The van der Waals surface area contributed by atoms with Gasteiger partial charge >= 0.3 is 0 Å². The first-order chi connectivity index (χ1) is 6.60. The molecule has 0 bridgehead atoms. The zero-order valence-electron chi connectivity index (χ0n) is 6.81. The largest absolute Gasteiger partial charge is 0.296 e. The standard InChI is InChI=1S/C8H5ClF3NO/c9-2-4-1-5(3-14)13-8(12)6(4)7(10)11/h1,3,7H,2H2. The van der Waals surface area contributed by atoms with Gasteiger partial charge < -0.3 is 0 Å². The highest BCUT2D eigenvalue weighted by Gasteiger charge is 2.20. The molecule has 1 aromatic heterocycles. The summed E-state index contributed by atoms with van der Waals surface area (Å²) < 4.78 is 37.5. The van der Waals surface area contributed by atoms with Crippen LogP contribution < -0.4 is 0 Å². The topological polar surface area (TPSA) is 30.0 Å². The zero-order chi connectivity index (χ0) is 10.7. The Labute approximate surface area is 82.7 Å². The molecule has 6 heteroatoms. The van der Waals surface area contributed by atoms with E-state index in [9.17, 15) is 18.0 Å². The molecule has 0 atom stereocenters. The first-order valence-electron chi connectivity index (χ1n) is 3.58. The second-order valence-corrected chi connectivity index (χ2v) is 2.73. The van der Waals surface area contributed by atoms with E-state index in [-0.39, 0.29) is 23.4 Å². The van der Waals surface area contributed by atoms with Crippen LogP contribution in [0.15, 0.2) is 6.07 Å². The van der Waals surface area contributed by atoms with Gasteiger partial charge in [0.05, 0.1) is 5.56 Å². The highest BCUT2D eigenvalue weighted by molar-refractivity contribution is 6.17. The van der Waals surface area contributed by atoms with Crippen molar-refractivity contribution in [3.05, 3.63) is 28.8 Å². The Hall–Kier alpha value is -1.10. The van der Waals surface area contributed by atoms with Gasteiger partial charge in [0.1, 0.15) is 5.69 Å². The van der Waals surface area contributed by atoms with Gasteiger partial charge in [-0.25, -0.2) is 13.8 Å². The van der Waals surface area contributed by atoms with Gasteiger partial charge in [0.2, 0.25) is 5.95 Å². The van der Waals surface area contributed by atoms with Crippen molar-refractivity contribution in [1.82, 2.24) is 4.98 Å². The maximum atomic E-state index is 12.9. The van der Waals surface area contributed by atoms with Crippen molar-refractivity contribution < 1.29 is 18.0 Å². The van der Waals surface area contributed by atoms with Crippen LogP contribution in [0.4, 0.5) is 13.2 Å². The Kier molecular flexibility index (Phi) is 3.46. The Morgan fingerprint density at radius 2 is 2.21 bits per heavy atom. The molecule has 76 valence electrons. The molecule has 0 saturated carbocycles. The van der Waals surface area contributed by atoms with E-state index in [0.29, 0.717) is 0 Å². The fourth-order valence-electron chi connectivity index (χ4n) is 0.996. The summed E-state index contributed by atoms with van der Waals surface area (Å²) in [5.41, 5.74) is -1.20. The van der Waals surface area contributed by atoms with Crippen LogP contribution in [-0.2, 0) is 5.88 Å². The van der Waals surface area contributed by atoms with E-state index >= 15 is 0 Å². The molecule has 0 N–H and O–H groups in total. The third-order valence-electron chi connectivity index (χ3n) is 1.60.